The van der Waals surface area contributed by atoms with Crippen LogP contribution in [0, 0.1) is 11.6 Å². The average molecular weight is 492 g/mol. The van der Waals surface area contributed by atoms with Gasteiger partial charge in [-0.25, -0.2) is 8.78 Å². The molecule has 2 aromatic rings. The molecule has 142 valence electrons. The molecule has 0 bridgehead atoms. The third-order valence-electron chi connectivity index (χ3n) is 4.33. The van der Waals surface area contributed by atoms with E-state index in [1.54, 1.807) is 18.4 Å². The molecule has 26 heavy (non-hydrogen) atoms. The quantitative estimate of drug-likeness (QED) is 0.386. The van der Waals surface area contributed by atoms with Crippen LogP contribution in [0.15, 0.2) is 40.7 Å². The number of guanidine groups is 1. The van der Waals surface area contributed by atoms with Crippen LogP contribution >= 0.6 is 35.3 Å². The van der Waals surface area contributed by atoms with Gasteiger partial charge >= 0.3 is 0 Å². The molecule has 1 aromatic heterocycles. The molecule has 0 atom stereocenters. The second-order valence-electron chi connectivity index (χ2n) is 6.02. The third kappa shape index (κ3) is 5.54. The summed E-state index contributed by atoms with van der Waals surface area (Å²) in [4.78, 5) is 6.57. The number of hydrogen-bond donors (Lipinski definition) is 2. The van der Waals surface area contributed by atoms with Gasteiger partial charge in [0, 0.05) is 38.3 Å². The van der Waals surface area contributed by atoms with Gasteiger partial charge in [0.2, 0.25) is 0 Å². The summed E-state index contributed by atoms with van der Waals surface area (Å²) in [5.41, 5.74) is 0.287. The van der Waals surface area contributed by atoms with E-state index in [9.17, 15) is 8.78 Å². The summed E-state index contributed by atoms with van der Waals surface area (Å²) in [6.45, 7) is 2.18. The Morgan fingerprint density at radius 2 is 2.04 bits per heavy atom. The van der Waals surface area contributed by atoms with E-state index >= 15 is 0 Å². The van der Waals surface area contributed by atoms with Crippen molar-refractivity contribution in [1.29, 1.82) is 0 Å². The van der Waals surface area contributed by atoms with Crippen molar-refractivity contribution >= 4 is 46.3 Å². The van der Waals surface area contributed by atoms with Gasteiger partial charge in [-0.3, -0.25) is 4.99 Å². The first-order chi connectivity index (χ1) is 12.2. The van der Waals surface area contributed by atoms with Gasteiger partial charge in [0.25, 0.3) is 0 Å². The maximum Gasteiger partial charge on any atom is 0.191 e. The maximum absolute atomic E-state index is 13.7. The zero-order valence-corrected chi connectivity index (χ0v) is 17.7. The van der Waals surface area contributed by atoms with Crippen LogP contribution in [0.1, 0.15) is 18.4 Å². The number of anilines is 1. The van der Waals surface area contributed by atoms with Crippen LogP contribution in [0.5, 0.6) is 0 Å². The van der Waals surface area contributed by atoms with Gasteiger partial charge in [-0.15, -0.1) is 35.3 Å². The molecule has 4 nitrogen and oxygen atoms in total. The number of thiophene rings is 1. The molecule has 1 aliphatic rings. The smallest absolute Gasteiger partial charge is 0.191 e. The number of halogens is 3. The first kappa shape index (κ1) is 20.9. The second kappa shape index (κ2) is 10.1. The molecule has 0 radical (unpaired) electrons. The lowest BCUT2D eigenvalue weighted by molar-refractivity contribution is 0.462. The summed E-state index contributed by atoms with van der Waals surface area (Å²) < 4.78 is 26.9. The second-order valence-corrected chi connectivity index (χ2v) is 6.94. The van der Waals surface area contributed by atoms with Crippen molar-refractivity contribution in [3.8, 4) is 0 Å². The van der Waals surface area contributed by atoms with Crippen LogP contribution in [0.2, 0.25) is 0 Å². The molecule has 1 aliphatic heterocycles. The normalized spacial score (nSPS) is 15.5. The molecule has 0 unspecified atom stereocenters. The lowest BCUT2D eigenvalue weighted by Gasteiger charge is -2.33. The van der Waals surface area contributed by atoms with Gasteiger partial charge in [0.15, 0.2) is 5.96 Å². The molecule has 0 amide bonds. The third-order valence-corrected chi connectivity index (χ3v) is 5.26. The fourth-order valence-corrected chi connectivity index (χ4v) is 3.73. The van der Waals surface area contributed by atoms with Crippen molar-refractivity contribution in [3.05, 3.63) is 52.9 Å². The van der Waals surface area contributed by atoms with Crippen molar-refractivity contribution in [3.63, 3.8) is 0 Å². The average Bonchev–Trinajstić information content (AvgIpc) is 3.16. The molecule has 2 N–H and O–H groups in total. The van der Waals surface area contributed by atoms with E-state index in [0.717, 1.165) is 38.1 Å². The summed E-state index contributed by atoms with van der Waals surface area (Å²) in [6.07, 6.45) is 2.01. The summed E-state index contributed by atoms with van der Waals surface area (Å²) >= 11 is 1.76. The molecule has 1 aromatic carbocycles. The number of aliphatic imine (C=N–C) groups is 1. The van der Waals surface area contributed by atoms with Crippen LogP contribution in [0.3, 0.4) is 0 Å². The van der Waals surface area contributed by atoms with E-state index in [0.29, 0.717) is 12.0 Å². The maximum atomic E-state index is 13.7. The molecule has 0 saturated carbocycles. The zero-order valence-electron chi connectivity index (χ0n) is 14.5. The summed E-state index contributed by atoms with van der Waals surface area (Å²) in [7, 11) is 1.68. The first-order valence-electron chi connectivity index (χ1n) is 8.35. The predicted molar refractivity (Wildman–Crippen MR) is 115 cm³/mol. The van der Waals surface area contributed by atoms with Crippen molar-refractivity contribution in [1.82, 2.24) is 10.6 Å². The number of piperidine rings is 1. The van der Waals surface area contributed by atoms with Gasteiger partial charge in [0.05, 0.1) is 5.00 Å². The molecule has 0 aliphatic carbocycles. The Morgan fingerprint density at radius 1 is 1.27 bits per heavy atom. The SMILES string of the molecule is CN=C(NCc1cc(F)ccc1F)NC1CCN(c2cccs2)CC1.I. The van der Waals surface area contributed by atoms with Crippen LogP contribution in [0.4, 0.5) is 13.8 Å². The van der Waals surface area contributed by atoms with Crippen LogP contribution < -0.4 is 15.5 Å². The van der Waals surface area contributed by atoms with Gasteiger partial charge in [-0.05, 0) is 48.6 Å². The highest BCUT2D eigenvalue weighted by Crippen LogP contribution is 2.24. The Bertz CT molecular complexity index is 716. The number of nitrogens with one attached hydrogen (secondary N) is 2. The lowest BCUT2D eigenvalue weighted by Crippen LogP contribution is -2.48. The zero-order chi connectivity index (χ0) is 17.6. The minimum absolute atomic E-state index is 0. The number of hydrogen-bond acceptors (Lipinski definition) is 3. The Morgan fingerprint density at radius 3 is 2.69 bits per heavy atom. The monoisotopic (exact) mass is 492 g/mol. The van der Waals surface area contributed by atoms with Crippen molar-refractivity contribution in [2.24, 2.45) is 4.99 Å². The van der Waals surface area contributed by atoms with Crippen molar-refractivity contribution in [2.75, 3.05) is 25.0 Å². The highest BCUT2D eigenvalue weighted by molar-refractivity contribution is 14.0. The molecular weight excluding hydrogens is 469 g/mol. The topological polar surface area (TPSA) is 39.7 Å². The van der Waals surface area contributed by atoms with Crippen LogP contribution in [0.25, 0.3) is 0 Å². The molecule has 2 heterocycles. The standard InChI is InChI=1S/C18H22F2N4S.HI/c1-21-18(22-12-13-11-14(19)4-5-16(13)20)23-15-6-8-24(9-7-15)17-3-2-10-25-17;/h2-5,10-11,15H,6-9,12H2,1H3,(H2,21,22,23);1H. The van der Waals surface area contributed by atoms with E-state index in [4.69, 9.17) is 0 Å². The lowest BCUT2D eigenvalue weighted by atomic mass is 10.1. The minimum atomic E-state index is -0.443. The fourth-order valence-electron chi connectivity index (χ4n) is 2.94. The predicted octanol–water partition coefficient (Wildman–Crippen LogP) is 3.98. The van der Waals surface area contributed by atoms with Gasteiger partial charge in [0.1, 0.15) is 11.6 Å². The summed E-state index contributed by atoms with van der Waals surface area (Å²) in [5, 5.41) is 9.84. The van der Waals surface area contributed by atoms with E-state index in [1.165, 1.54) is 11.1 Å². The highest BCUT2D eigenvalue weighted by Gasteiger charge is 2.20. The Labute approximate surface area is 173 Å². The first-order valence-corrected chi connectivity index (χ1v) is 9.23. The van der Waals surface area contributed by atoms with E-state index in [2.05, 4.69) is 38.0 Å². The molecule has 8 heteroatoms. The molecule has 1 saturated heterocycles. The van der Waals surface area contributed by atoms with Crippen LogP contribution in [-0.2, 0) is 6.54 Å². The highest BCUT2D eigenvalue weighted by atomic mass is 127. The minimum Gasteiger partial charge on any atom is -0.363 e. The van der Waals surface area contributed by atoms with Crippen molar-refractivity contribution < 1.29 is 8.78 Å². The fraction of sp³-hybridized carbons (Fsp3) is 0.389. The van der Waals surface area contributed by atoms with Gasteiger partial charge < -0.3 is 15.5 Å². The number of benzene rings is 1. The van der Waals surface area contributed by atoms with E-state index in [1.807, 2.05) is 0 Å². The van der Waals surface area contributed by atoms with Gasteiger partial charge in [-0.1, -0.05) is 0 Å². The Kier molecular flexibility index (Phi) is 8.08. The molecule has 3 rings (SSSR count). The number of nitrogens with zero attached hydrogens (tertiary/aromatic N) is 2. The summed E-state index contributed by atoms with van der Waals surface area (Å²) in [5.74, 6) is -0.256. The Balaban J connectivity index is 0.00000243. The Hall–Kier alpha value is -1.42. The largest absolute Gasteiger partial charge is 0.363 e. The van der Waals surface area contributed by atoms with E-state index in [-0.39, 0.29) is 36.1 Å². The van der Waals surface area contributed by atoms with Crippen LogP contribution in [-0.4, -0.2) is 32.1 Å². The van der Waals surface area contributed by atoms with Gasteiger partial charge in [-0.2, -0.15) is 0 Å². The summed E-state index contributed by atoms with van der Waals surface area (Å²) in [6, 6.07) is 8.00. The molecular formula is C18H23F2IN4S. The molecule has 0 spiro atoms. The van der Waals surface area contributed by atoms with E-state index < -0.39 is 11.6 Å². The van der Waals surface area contributed by atoms with Crippen molar-refractivity contribution in [2.45, 2.75) is 25.4 Å². The number of rotatable bonds is 4. The molecule has 1 fully saturated rings.